The molecule has 0 aromatic rings. The number of rotatable bonds is 10. The molecule has 0 aliphatic rings. The van der Waals surface area contributed by atoms with Crippen molar-refractivity contribution in [2.45, 2.75) is 46.3 Å². The lowest BCUT2D eigenvalue weighted by Gasteiger charge is -2.17. The highest BCUT2D eigenvalue weighted by Gasteiger charge is 2.06. The second-order valence-corrected chi connectivity index (χ2v) is 3.63. The zero-order valence-electron chi connectivity index (χ0n) is 10.4. The van der Waals surface area contributed by atoms with E-state index in [9.17, 15) is 0 Å². The summed E-state index contributed by atoms with van der Waals surface area (Å²) in [6.07, 6.45) is 3.17. The van der Waals surface area contributed by atoms with Crippen LogP contribution in [0.15, 0.2) is 0 Å². The van der Waals surface area contributed by atoms with Crippen molar-refractivity contribution in [1.29, 1.82) is 0 Å². The van der Waals surface area contributed by atoms with E-state index < -0.39 is 0 Å². The first kappa shape index (κ1) is 14.9. The minimum Gasteiger partial charge on any atom is -0.376 e. The lowest BCUT2D eigenvalue weighted by Crippen LogP contribution is -2.23. The molecule has 0 saturated carbocycles. The monoisotopic (exact) mass is 216 g/mol. The van der Waals surface area contributed by atoms with Gasteiger partial charge in [-0.3, -0.25) is 0 Å². The Kier molecular flexibility index (Phi) is 10.3. The highest BCUT2D eigenvalue weighted by molar-refractivity contribution is 4.67. The third-order valence-corrected chi connectivity index (χ3v) is 1.79. The first-order valence-corrected chi connectivity index (χ1v) is 5.66. The lowest BCUT2D eigenvalue weighted by atomic mass is 10.4. The molecule has 0 saturated heterocycles. The predicted molar refractivity (Wildman–Crippen MR) is 61.3 cm³/mol. The van der Waals surface area contributed by atoms with Crippen LogP contribution in [-0.2, 0) is 14.2 Å². The first-order chi connectivity index (χ1) is 7.20. The quantitative estimate of drug-likeness (QED) is 0.525. The Labute approximate surface area is 94.1 Å². The van der Waals surface area contributed by atoms with E-state index in [-0.39, 0.29) is 12.2 Å². The van der Waals surface area contributed by atoms with E-state index in [0.717, 1.165) is 13.0 Å². The van der Waals surface area contributed by atoms with Crippen LogP contribution in [0.5, 0.6) is 0 Å². The summed E-state index contributed by atoms with van der Waals surface area (Å²) in [7, 11) is 0. The van der Waals surface area contributed by atoms with Crippen LogP contribution in [0.1, 0.15) is 34.1 Å². The third kappa shape index (κ3) is 10.2. The van der Waals surface area contributed by atoms with Gasteiger partial charge < -0.3 is 14.2 Å². The number of hydrogen-bond acceptors (Lipinski definition) is 3. The van der Waals surface area contributed by atoms with Crippen LogP contribution in [-0.4, -0.2) is 32.0 Å². The van der Waals surface area contributed by atoms with Crippen molar-refractivity contribution in [3.05, 3.63) is 13.0 Å². The van der Waals surface area contributed by atoms with Crippen LogP contribution in [0.4, 0.5) is 0 Å². The maximum absolute atomic E-state index is 5.56. The van der Waals surface area contributed by atoms with Crippen LogP contribution < -0.4 is 0 Å². The lowest BCUT2D eigenvalue weighted by molar-refractivity contribution is -0.0495. The molecule has 0 amide bonds. The fourth-order valence-corrected chi connectivity index (χ4v) is 1.00. The predicted octanol–water partition coefficient (Wildman–Crippen LogP) is 2.61. The summed E-state index contributed by atoms with van der Waals surface area (Å²) in [6, 6.07) is 0. The maximum Gasteiger partial charge on any atom is 0.0869 e. The highest BCUT2D eigenvalue weighted by Crippen LogP contribution is 1.99. The zero-order chi connectivity index (χ0) is 11.5. The summed E-state index contributed by atoms with van der Waals surface area (Å²) in [5, 5.41) is 0. The van der Waals surface area contributed by atoms with Gasteiger partial charge in [-0.2, -0.15) is 0 Å². The van der Waals surface area contributed by atoms with Gasteiger partial charge in [-0.05, 0) is 26.7 Å². The third-order valence-electron chi connectivity index (χ3n) is 1.79. The van der Waals surface area contributed by atoms with Gasteiger partial charge in [-0.25, -0.2) is 0 Å². The fraction of sp³-hybridized carbons (Fsp3) is 0.833. The summed E-state index contributed by atoms with van der Waals surface area (Å²) in [4.78, 5) is 0. The topological polar surface area (TPSA) is 27.7 Å². The van der Waals surface area contributed by atoms with Crippen molar-refractivity contribution in [3.63, 3.8) is 0 Å². The summed E-state index contributed by atoms with van der Waals surface area (Å²) >= 11 is 0. The van der Waals surface area contributed by atoms with E-state index in [0.29, 0.717) is 13.2 Å². The van der Waals surface area contributed by atoms with Gasteiger partial charge in [-0.1, -0.05) is 13.8 Å². The molecule has 90 valence electrons. The van der Waals surface area contributed by atoms with Crippen molar-refractivity contribution in [2.75, 3.05) is 19.8 Å². The van der Waals surface area contributed by atoms with Crippen LogP contribution in [0.3, 0.4) is 0 Å². The zero-order valence-corrected chi connectivity index (χ0v) is 10.4. The molecule has 2 atom stereocenters. The molecule has 0 bridgehead atoms. The van der Waals surface area contributed by atoms with E-state index in [1.807, 2.05) is 27.2 Å². The molecular weight excluding hydrogens is 192 g/mol. The maximum atomic E-state index is 5.56. The van der Waals surface area contributed by atoms with Gasteiger partial charge in [-0.15, -0.1) is 0 Å². The minimum absolute atomic E-state index is 0.105. The van der Waals surface area contributed by atoms with Gasteiger partial charge in [0.2, 0.25) is 0 Å². The molecule has 0 aromatic carbocycles. The molecule has 2 radical (unpaired) electrons. The Hall–Kier alpha value is -0.120. The normalized spacial score (nSPS) is 15.2. The van der Waals surface area contributed by atoms with E-state index >= 15 is 0 Å². The molecule has 3 heteroatoms. The second kappa shape index (κ2) is 10.4. The second-order valence-electron chi connectivity index (χ2n) is 3.63. The van der Waals surface area contributed by atoms with E-state index in [1.165, 1.54) is 0 Å². The van der Waals surface area contributed by atoms with Crippen LogP contribution in [0, 0.1) is 13.0 Å². The average Bonchev–Trinajstić information content (AvgIpc) is 2.24. The van der Waals surface area contributed by atoms with Crippen molar-refractivity contribution in [1.82, 2.24) is 0 Å². The smallest absolute Gasteiger partial charge is 0.0869 e. The van der Waals surface area contributed by atoms with Crippen molar-refractivity contribution in [3.8, 4) is 0 Å². The van der Waals surface area contributed by atoms with Crippen LogP contribution in [0.25, 0.3) is 0 Å². The fourth-order valence-electron chi connectivity index (χ4n) is 1.00. The van der Waals surface area contributed by atoms with Gasteiger partial charge in [0.25, 0.3) is 0 Å². The Morgan fingerprint density at radius 1 is 1.07 bits per heavy atom. The minimum atomic E-state index is 0.105. The van der Waals surface area contributed by atoms with Crippen molar-refractivity contribution >= 4 is 0 Å². The van der Waals surface area contributed by atoms with E-state index in [1.54, 1.807) is 6.61 Å². The molecular formula is C12H24O3. The van der Waals surface area contributed by atoms with Crippen LogP contribution >= 0.6 is 0 Å². The summed E-state index contributed by atoms with van der Waals surface area (Å²) in [5.74, 6) is 0. The molecule has 0 aromatic heterocycles. The average molecular weight is 216 g/mol. The first-order valence-electron chi connectivity index (χ1n) is 5.66. The Balaban J connectivity index is 3.31. The SMILES string of the molecule is C[CH][CH]OCC(C)OCC(C)OCCC. The van der Waals surface area contributed by atoms with Gasteiger partial charge in [0, 0.05) is 6.61 Å². The molecule has 0 aliphatic heterocycles. The van der Waals surface area contributed by atoms with Crippen LogP contribution in [0.2, 0.25) is 0 Å². The highest BCUT2D eigenvalue weighted by atomic mass is 16.6. The number of ether oxygens (including phenoxy) is 3. The Morgan fingerprint density at radius 3 is 2.33 bits per heavy atom. The summed E-state index contributed by atoms with van der Waals surface area (Å²) in [6.45, 7) is 11.7. The molecule has 15 heavy (non-hydrogen) atoms. The molecule has 3 nitrogen and oxygen atoms in total. The molecule has 0 heterocycles. The van der Waals surface area contributed by atoms with Crippen molar-refractivity contribution < 1.29 is 14.2 Å². The molecule has 0 fully saturated rings. The number of hydrogen-bond donors (Lipinski definition) is 0. The summed E-state index contributed by atoms with van der Waals surface area (Å²) in [5.41, 5.74) is 0. The van der Waals surface area contributed by atoms with Gasteiger partial charge in [0.1, 0.15) is 0 Å². The largest absolute Gasteiger partial charge is 0.376 e. The van der Waals surface area contributed by atoms with E-state index in [4.69, 9.17) is 14.2 Å². The standard InChI is InChI=1S/C12H24O3/c1-5-7-13-9-11(3)15-10-12(4)14-8-6-2/h5,7,11-12H,6,8-10H2,1-4H3. The van der Waals surface area contributed by atoms with Crippen molar-refractivity contribution in [2.24, 2.45) is 0 Å². The molecule has 2 unspecified atom stereocenters. The Morgan fingerprint density at radius 2 is 1.73 bits per heavy atom. The Bertz CT molecular complexity index is 128. The van der Waals surface area contributed by atoms with E-state index in [2.05, 4.69) is 6.92 Å². The molecule has 0 N–H and O–H groups in total. The van der Waals surface area contributed by atoms with Gasteiger partial charge >= 0.3 is 0 Å². The molecule has 0 aliphatic carbocycles. The molecule has 0 rings (SSSR count). The van der Waals surface area contributed by atoms with Gasteiger partial charge in [0.05, 0.1) is 32.0 Å². The van der Waals surface area contributed by atoms with Gasteiger partial charge in [0.15, 0.2) is 0 Å². The summed E-state index contributed by atoms with van der Waals surface area (Å²) < 4.78 is 16.3. The molecule has 0 spiro atoms.